The van der Waals surface area contributed by atoms with E-state index < -0.39 is 0 Å². The van der Waals surface area contributed by atoms with Crippen molar-refractivity contribution >= 4 is 5.96 Å². The second-order valence-corrected chi connectivity index (χ2v) is 1.88. The molecule has 0 atom stereocenters. The summed E-state index contributed by atoms with van der Waals surface area (Å²) in [7, 11) is 1.72. The number of rotatable bonds is 3. The molecule has 0 fully saturated rings. The Bertz CT molecular complexity index is 94.2. The molecular weight excluding hydrogens is 118 g/mol. The third-order valence-corrected chi connectivity index (χ3v) is 1.06. The summed E-state index contributed by atoms with van der Waals surface area (Å²) < 4.78 is 0. The maximum Gasteiger partial charge on any atom is 0.188 e. The van der Waals surface area contributed by atoms with Crippen LogP contribution in [0.3, 0.4) is 0 Å². The van der Waals surface area contributed by atoms with Gasteiger partial charge in [0.2, 0.25) is 0 Å². The molecule has 4 nitrogen and oxygen atoms in total. The van der Waals surface area contributed by atoms with Gasteiger partial charge in [-0.1, -0.05) is 0 Å². The van der Waals surface area contributed by atoms with Gasteiger partial charge in [0.05, 0.1) is 0 Å². The number of nitrogens with zero attached hydrogens (tertiary/aromatic N) is 1. The molecule has 0 rings (SSSR count). The first kappa shape index (κ1) is 8.23. The van der Waals surface area contributed by atoms with Crippen LogP contribution in [0.4, 0.5) is 0 Å². The second-order valence-electron chi connectivity index (χ2n) is 1.88. The van der Waals surface area contributed by atoms with Gasteiger partial charge in [0.25, 0.3) is 0 Å². The first-order valence-corrected chi connectivity index (χ1v) is 2.84. The maximum absolute atomic E-state index is 8.36. The third kappa shape index (κ3) is 3.78. The highest BCUT2D eigenvalue weighted by Gasteiger charge is 1.95. The lowest BCUT2D eigenvalue weighted by atomic mass is 10.4. The summed E-state index contributed by atoms with van der Waals surface area (Å²) in [6.07, 6.45) is 0.663. The first-order chi connectivity index (χ1) is 4.18. The van der Waals surface area contributed by atoms with Crippen molar-refractivity contribution in [3.8, 4) is 0 Å². The molecule has 0 aliphatic heterocycles. The van der Waals surface area contributed by atoms with Crippen LogP contribution in [0.25, 0.3) is 0 Å². The molecular formula is C5H13N3O. The normalized spacial score (nSPS) is 9.11. The van der Waals surface area contributed by atoms with Crippen LogP contribution in [0, 0.1) is 5.41 Å². The summed E-state index contributed by atoms with van der Waals surface area (Å²) in [5.41, 5.74) is 5.10. The van der Waals surface area contributed by atoms with Gasteiger partial charge >= 0.3 is 0 Å². The summed E-state index contributed by atoms with van der Waals surface area (Å²) in [4.78, 5) is 1.58. The molecule has 0 saturated carbocycles. The van der Waals surface area contributed by atoms with E-state index in [2.05, 4.69) is 0 Å². The fourth-order valence-electron chi connectivity index (χ4n) is 0.428. The van der Waals surface area contributed by atoms with Gasteiger partial charge in [0.15, 0.2) is 5.96 Å². The predicted octanol–water partition coefficient (Wildman–Crippen LogP) is -0.806. The van der Waals surface area contributed by atoms with Crippen LogP contribution in [0.15, 0.2) is 0 Å². The lowest BCUT2D eigenvalue weighted by Crippen LogP contribution is -2.33. The van der Waals surface area contributed by atoms with E-state index in [0.29, 0.717) is 13.0 Å². The highest BCUT2D eigenvalue weighted by molar-refractivity contribution is 5.74. The van der Waals surface area contributed by atoms with Gasteiger partial charge in [-0.2, -0.15) is 0 Å². The summed E-state index contributed by atoms with van der Waals surface area (Å²) in [5.74, 6) is 0.0449. The monoisotopic (exact) mass is 131 g/mol. The average Bonchev–Trinajstić information content (AvgIpc) is 1.82. The SMILES string of the molecule is CN(CCCO)C(=N)N. The molecule has 4 heteroatoms. The zero-order valence-corrected chi connectivity index (χ0v) is 5.59. The Kier molecular flexibility index (Phi) is 3.79. The Hall–Kier alpha value is -0.770. The van der Waals surface area contributed by atoms with E-state index in [4.69, 9.17) is 16.2 Å². The van der Waals surface area contributed by atoms with E-state index in [9.17, 15) is 0 Å². The quantitative estimate of drug-likeness (QED) is 0.346. The highest BCUT2D eigenvalue weighted by atomic mass is 16.3. The van der Waals surface area contributed by atoms with Crippen LogP contribution in [0.1, 0.15) is 6.42 Å². The number of hydrogen-bond acceptors (Lipinski definition) is 2. The molecule has 0 radical (unpaired) electrons. The predicted molar refractivity (Wildman–Crippen MR) is 36.2 cm³/mol. The molecule has 0 aromatic carbocycles. The zero-order chi connectivity index (χ0) is 7.28. The number of nitrogens with two attached hydrogens (primary N) is 1. The van der Waals surface area contributed by atoms with E-state index >= 15 is 0 Å². The van der Waals surface area contributed by atoms with Crippen LogP contribution in [-0.4, -0.2) is 36.2 Å². The molecule has 0 aromatic heterocycles. The van der Waals surface area contributed by atoms with Crippen LogP contribution < -0.4 is 5.73 Å². The number of aliphatic hydroxyl groups excluding tert-OH is 1. The summed E-state index contributed by atoms with van der Waals surface area (Å²) in [5, 5.41) is 15.3. The molecule has 0 amide bonds. The molecule has 0 aliphatic rings. The topological polar surface area (TPSA) is 73.3 Å². The molecule has 0 bridgehead atoms. The Morgan fingerprint density at radius 2 is 2.33 bits per heavy atom. The number of guanidine groups is 1. The smallest absolute Gasteiger partial charge is 0.188 e. The largest absolute Gasteiger partial charge is 0.396 e. The lowest BCUT2D eigenvalue weighted by molar-refractivity contribution is 0.273. The Morgan fingerprint density at radius 1 is 1.78 bits per heavy atom. The molecule has 4 N–H and O–H groups in total. The first-order valence-electron chi connectivity index (χ1n) is 2.84. The van der Waals surface area contributed by atoms with E-state index in [1.54, 1.807) is 11.9 Å². The van der Waals surface area contributed by atoms with Crippen molar-refractivity contribution in [2.45, 2.75) is 6.42 Å². The minimum Gasteiger partial charge on any atom is -0.396 e. The van der Waals surface area contributed by atoms with Crippen molar-refractivity contribution < 1.29 is 5.11 Å². The van der Waals surface area contributed by atoms with E-state index in [1.807, 2.05) is 0 Å². The standard InChI is InChI=1S/C5H13N3O/c1-8(5(6)7)3-2-4-9/h9H,2-4H2,1H3,(H3,6,7). The molecule has 9 heavy (non-hydrogen) atoms. The molecule has 0 aliphatic carbocycles. The van der Waals surface area contributed by atoms with E-state index in [1.165, 1.54) is 0 Å². The van der Waals surface area contributed by atoms with Gasteiger partial charge in [-0.15, -0.1) is 0 Å². The molecule has 54 valence electrons. The van der Waals surface area contributed by atoms with E-state index in [-0.39, 0.29) is 12.6 Å². The van der Waals surface area contributed by atoms with Gasteiger partial charge in [0.1, 0.15) is 0 Å². The van der Waals surface area contributed by atoms with Crippen molar-refractivity contribution in [3.63, 3.8) is 0 Å². The van der Waals surface area contributed by atoms with Crippen molar-refractivity contribution in [1.82, 2.24) is 4.90 Å². The molecule has 0 heterocycles. The molecule has 0 unspecified atom stereocenters. The summed E-state index contributed by atoms with van der Waals surface area (Å²) in [6.45, 7) is 0.795. The van der Waals surface area contributed by atoms with Gasteiger partial charge in [-0.3, -0.25) is 5.41 Å². The van der Waals surface area contributed by atoms with Crippen molar-refractivity contribution in [1.29, 1.82) is 5.41 Å². The number of hydrogen-bond donors (Lipinski definition) is 3. The van der Waals surface area contributed by atoms with Crippen molar-refractivity contribution in [2.24, 2.45) is 5.73 Å². The van der Waals surface area contributed by atoms with Crippen LogP contribution in [-0.2, 0) is 0 Å². The van der Waals surface area contributed by atoms with Gasteiger partial charge in [0, 0.05) is 20.2 Å². The van der Waals surface area contributed by atoms with Crippen LogP contribution in [0.5, 0.6) is 0 Å². The third-order valence-electron chi connectivity index (χ3n) is 1.06. The Morgan fingerprint density at radius 3 is 2.67 bits per heavy atom. The number of aliphatic hydroxyl groups is 1. The summed E-state index contributed by atoms with van der Waals surface area (Å²) in [6, 6.07) is 0. The fraction of sp³-hybridized carbons (Fsp3) is 0.800. The number of nitrogens with one attached hydrogen (secondary N) is 1. The van der Waals surface area contributed by atoms with Gasteiger partial charge in [-0.05, 0) is 6.42 Å². The molecule has 0 spiro atoms. The van der Waals surface area contributed by atoms with Gasteiger partial charge < -0.3 is 15.7 Å². The van der Waals surface area contributed by atoms with Gasteiger partial charge in [-0.25, -0.2) is 0 Å². The van der Waals surface area contributed by atoms with Crippen molar-refractivity contribution in [2.75, 3.05) is 20.2 Å². The average molecular weight is 131 g/mol. The second kappa shape index (κ2) is 4.14. The molecule has 0 aromatic rings. The maximum atomic E-state index is 8.36. The van der Waals surface area contributed by atoms with Crippen LogP contribution in [0.2, 0.25) is 0 Å². The summed E-state index contributed by atoms with van der Waals surface area (Å²) >= 11 is 0. The minimum absolute atomic E-state index is 0.0449. The Balaban J connectivity index is 3.27. The van der Waals surface area contributed by atoms with Crippen LogP contribution >= 0.6 is 0 Å². The Labute approximate surface area is 54.8 Å². The van der Waals surface area contributed by atoms with Crippen molar-refractivity contribution in [3.05, 3.63) is 0 Å². The lowest BCUT2D eigenvalue weighted by Gasteiger charge is -2.14. The zero-order valence-electron chi connectivity index (χ0n) is 5.59. The van der Waals surface area contributed by atoms with E-state index in [0.717, 1.165) is 0 Å². The minimum atomic E-state index is 0.0449. The fourth-order valence-corrected chi connectivity index (χ4v) is 0.428. The highest BCUT2D eigenvalue weighted by Crippen LogP contribution is 1.82. The molecule has 0 saturated heterocycles.